The molecule has 6 heteroatoms. The number of benzene rings is 2. The SMILES string of the molecule is O=C(CN1CCC[C@@H]1C(=O)O)NCC(c1ccccc1)c1c[nH]c2ccccc12. The van der Waals surface area contributed by atoms with Crippen molar-refractivity contribution in [2.45, 2.75) is 24.8 Å². The number of nitrogens with zero attached hydrogens (tertiary/aromatic N) is 1. The summed E-state index contributed by atoms with van der Waals surface area (Å²) in [6.07, 6.45) is 3.42. The Morgan fingerprint density at radius 1 is 1.14 bits per heavy atom. The fourth-order valence-electron chi connectivity index (χ4n) is 4.23. The lowest BCUT2D eigenvalue weighted by Gasteiger charge is -2.22. The topological polar surface area (TPSA) is 85.4 Å². The molecule has 1 aliphatic heterocycles. The van der Waals surface area contributed by atoms with E-state index in [0.717, 1.165) is 28.5 Å². The lowest BCUT2D eigenvalue weighted by Crippen LogP contribution is -2.43. The van der Waals surface area contributed by atoms with Gasteiger partial charge in [0.2, 0.25) is 5.91 Å². The maximum atomic E-state index is 12.6. The van der Waals surface area contributed by atoms with E-state index in [9.17, 15) is 14.7 Å². The summed E-state index contributed by atoms with van der Waals surface area (Å²) in [6, 6.07) is 17.7. The molecule has 6 nitrogen and oxygen atoms in total. The van der Waals surface area contributed by atoms with E-state index < -0.39 is 12.0 Å². The van der Waals surface area contributed by atoms with E-state index in [1.165, 1.54) is 0 Å². The Morgan fingerprint density at radius 3 is 2.69 bits per heavy atom. The van der Waals surface area contributed by atoms with Gasteiger partial charge in [-0.1, -0.05) is 48.5 Å². The molecule has 150 valence electrons. The number of carboxylic acids is 1. The number of fused-ring (bicyclic) bond motifs is 1. The normalized spacial score (nSPS) is 18.0. The van der Waals surface area contributed by atoms with Crippen molar-refractivity contribution >= 4 is 22.8 Å². The molecule has 1 fully saturated rings. The molecular formula is C23H25N3O3. The number of aliphatic carboxylic acids is 1. The van der Waals surface area contributed by atoms with Crippen LogP contribution in [0.3, 0.4) is 0 Å². The second kappa shape index (κ2) is 8.49. The Morgan fingerprint density at radius 2 is 1.90 bits per heavy atom. The van der Waals surface area contributed by atoms with Gasteiger partial charge in [0.25, 0.3) is 0 Å². The largest absolute Gasteiger partial charge is 0.480 e. The van der Waals surface area contributed by atoms with Crippen LogP contribution in [0.25, 0.3) is 10.9 Å². The minimum absolute atomic E-state index is 0.00477. The zero-order chi connectivity index (χ0) is 20.2. The fraction of sp³-hybridized carbons (Fsp3) is 0.304. The lowest BCUT2D eigenvalue weighted by molar-refractivity contribution is -0.142. The maximum Gasteiger partial charge on any atom is 0.320 e. The molecule has 0 saturated carbocycles. The van der Waals surface area contributed by atoms with Crippen LogP contribution in [-0.4, -0.2) is 52.5 Å². The third-order valence-corrected chi connectivity index (χ3v) is 5.70. The Hall–Kier alpha value is -3.12. The molecule has 0 aliphatic carbocycles. The van der Waals surface area contributed by atoms with Gasteiger partial charge in [0.1, 0.15) is 6.04 Å². The van der Waals surface area contributed by atoms with Crippen molar-refractivity contribution in [1.82, 2.24) is 15.2 Å². The van der Waals surface area contributed by atoms with Gasteiger partial charge >= 0.3 is 5.97 Å². The zero-order valence-electron chi connectivity index (χ0n) is 16.2. The summed E-state index contributed by atoms with van der Waals surface area (Å²) in [7, 11) is 0. The molecular weight excluding hydrogens is 366 g/mol. The Bertz CT molecular complexity index is 999. The number of nitrogens with one attached hydrogen (secondary N) is 2. The number of carbonyl (C=O) groups is 2. The van der Waals surface area contributed by atoms with Crippen LogP contribution in [0.5, 0.6) is 0 Å². The number of aromatic amines is 1. The third kappa shape index (κ3) is 4.17. The molecule has 0 spiro atoms. The van der Waals surface area contributed by atoms with Crippen LogP contribution < -0.4 is 5.32 Å². The monoisotopic (exact) mass is 391 g/mol. The predicted octanol–water partition coefficient (Wildman–Crippen LogP) is 2.97. The fourth-order valence-corrected chi connectivity index (χ4v) is 4.23. The third-order valence-electron chi connectivity index (χ3n) is 5.70. The summed E-state index contributed by atoms with van der Waals surface area (Å²) >= 11 is 0. The molecule has 2 aromatic carbocycles. The lowest BCUT2D eigenvalue weighted by atomic mass is 9.91. The minimum atomic E-state index is -0.851. The van der Waals surface area contributed by atoms with E-state index >= 15 is 0 Å². The first-order valence-electron chi connectivity index (χ1n) is 9.98. The van der Waals surface area contributed by atoms with Crippen molar-refractivity contribution in [2.75, 3.05) is 19.6 Å². The Balaban J connectivity index is 1.51. The number of amides is 1. The van der Waals surface area contributed by atoms with Crippen molar-refractivity contribution in [3.63, 3.8) is 0 Å². The van der Waals surface area contributed by atoms with E-state index in [4.69, 9.17) is 0 Å². The molecule has 0 bridgehead atoms. The number of rotatable bonds is 7. The first-order chi connectivity index (χ1) is 14.1. The number of carbonyl (C=O) groups excluding carboxylic acids is 1. The summed E-state index contributed by atoms with van der Waals surface area (Å²) in [5.74, 6) is -0.986. The standard InChI is InChI=1S/C23H25N3O3/c27-22(15-26-12-6-11-21(26)23(28)29)25-13-18(16-7-2-1-3-8-16)19-14-24-20-10-5-4-9-17(19)20/h1-5,7-10,14,18,21,24H,6,11-13,15H2,(H,25,27)(H,28,29)/t18?,21-/m1/s1. The quantitative estimate of drug-likeness (QED) is 0.578. The van der Waals surface area contributed by atoms with Crippen LogP contribution in [0, 0.1) is 0 Å². The summed E-state index contributed by atoms with van der Waals surface area (Å²) in [5.41, 5.74) is 3.33. The molecule has 1 aliphatic rings. The van der Waals surface area contributed by atoms with Crippen molar-refractivity contribution in [1.29, 1.82) is 0 Å². The molecule has 29 heavy (non-hydrogen) atoms. The molecule has 1 amide bonds. The Labute approximate surface area is 169 Å². The molecule has 2 atom stereocenters. The highest BCUT2D eigenvalue weighted by molar-refractivity contribution is 5.84. The van der Waals surface area contributed by atoms with Gasteiger partial charge in [-0.2, -0.15) is 0 Å². The number of carboxylic acid groups (broad SMARTS) is 1. The maximum absolute atomic E-state index is 12.6. The number of hydrogen-bond acceptors (Lipinski definition) is 3. The number of aromatic nitrogens is 1. The van der Waals surface area contributed by atoms with Crippen molar-refractivity contribution in [3.05, 3.63) is 71.9 Å². The molecule has 2 heterocycles. The average molecular weight is 391 g/mol. The molecule has 1 unspecified atom stereocenters. The molecule has 1 saturated heterocycles. The first kappa shape index (κ1) is 19.2. The van der Waals surface area contributed by atoms with Crippen molar-refractivity contribution < 1.29 is 14.7 Å². The Kier molecular flexibility index (Phi) is 5.62. The second-order valence-electron chi connectivity index (χ2n) is 7.52. The van der Waals surface area contributed by atoms with Gasteiger partial charge in [-0.3, -0.25) is 14.5 Å². The van der Waals surface area contributed by atoms with E-state index in [2.05, 4.69) is 28.5 Å². The van der Waals surface area contributed by atoms with Gasteiger partial charge in [0.15, 0.2) is 0 Å². The smallest absolute Gasteiger partial charge is 0.320 e. The highest BCUT2D eigenvalue weighted by Gasteiger charge is 2.31. The van der Waals surface area contributed by atoms with Crippen LogP contribution in [-0.2, 0) is 9.59 Å². The van der Waals surface area contributed by atoms with Gasteiger partial charge in [-0.25, -0.2) is 0 Å². The van der Waals surface area contributed by atoms with Crippen molar-refractivity contribution in [3.8, 4) is 0 Å². The zero-order valence-corrected chi connectivity index (χ0v) is 16.2. The van der Waals surface area contributed by atoms with Crippen molar-refractivity contribution in [2.24, 2.45) is 0 Å². The number of para-hydroxylation sites is 1. The van der Waals surface area contributed by atoms with Crippen LogP contribution >= 0.6 is 0 Å². The van der Waals surface area contributed by atoms with Gasteiger partial charge < -0.3 is 15.4 Å². The van der Waals surface area contributed by atoms with E-state index in [1.54, 1.807) is 4.90 Å². The van der Waals surface area contributed by atoms with Crippen LogP contribution in [0.1, 0.15) is 29.9 Å². The van der Waals surface area contributed by atoms with Gasteiger partial charge in [0.05, 0.1) is 6.54 Å². The van der Waals surface area contributed by atoms with E-state index in [-0.39, 0.29) is 18.4 Å². The van der Waals surface area contributed by atoms with Gasteiger partial charge in [-0.15, -0.1) is 0 Å². The second-order valence-corrected chi connectivity index (χ2v) is 7.52. The minimum Gasteiger partial charge on any atom is -0.480 e. The number of hydrogen-bond donors (Lipinski definition) is 3. The summed E-state index contributed by atoms with van der Waals surface area (Å²) < 4.78 is 0. The molecule has 0 radical (unpaired) electrons. The average Bonchev–Trinajstić information content (AvgIpc) is 3.36. The molecule has 1 aromatic heterocycles. The summed E-state index contributed by atoms with van der Waals surface area (Å²) in [5, 5.41) is 13.5. The first-order valence-corrected chi connectivity index (χ1v) is 9.98. The molecule has 3 aromatic rings. The molecule has 3 N–H and O–H groups in total. The van der Waals surface area contributed by atoms with Crippen LogP contribution in [0.15, 0.2) is 60.8 Å². The van der Waals surface area contributed by atoms with E-state index in [0.29, 0.717) is 19.5 Å². The predicted molar refractivity (Wildman–Crippen MR) is 112 cm³/mol. The molecule has 4 rings (SSSR count). The highest BCUT2D eigenvalue weighted by Crippen LogP contribution is 2.30. The van der Waals surface area contributed by atoms with Crippen LogP contribution in [0.2, 0.25) is 0 Å². The highest BCUT2D eigenvalue weighted by atomic mass is 16.4. The van der Waals surface area contributed by atoms with E-state index in [1.807, 2.05) is 42.6 Å². The van der Waals surface area contributed by atoms with Gasteiger partial charge in [-0.05, 0) is 36.6 Å². The summed E-state index contributed by atoms with van der Waals surface area (Å²) in [6.45, 7) is 1.22. The summed E-state index contributed by atoms with van der Waals surface area (Å²) in [4.78, 5) is 29.0. The van der Waals surface area contributed by atoms with Gasteiger partial charge in [0, 0.05) is 29.6 Å². The number of H-pyrrole nitrogens is 1. The number of likely N-dealkylation sites (tertiary alicyclic amines) is 1. The van der Waals surface area contributed by atoms with Crippen LogP contribution in [0.4, 0.5) is 0 Å².